The molecule has 4 nitrogen and oxygen atoms in total. The summed E-state index contributed by atoms with van der Waals surface area (Å²) in [5.41, 5.74) is 6.35. The van der Waals surface area contributed by atoms with Crippen LogP contribution in [0.1, 0.15) is 5.56 Å². The first-order valence-corrected chi connectivity index (χ1v) is 6.00. The van der Waals surface area contributed by atoms with E-state index in [0.29, 0.717) is 6.54 Å². The van der Waals surface area contributed by atoms with E-state index in [-0.39, 0.29) is 25.6 Å². The fourth-order valence-corrected chi connectivity index (χ4v) is 2.01. The molecule has 0 unspecified atom stereocenters. The van der Waals surface area contributed by atoms with Gasteiger partial charge in [0.2, 0.25) is 0 Å². The van der Waals surface area contributed by atoms with E-state index in [4.69, 9.17) is 10.5 Å². The van der Waals surface area contributed by atoms with Crippen LogP contribution in [0.2, 0.25) is 0 Å². The highest BCUT2D eigenvalue weighted by molar-refractivity contribution is 5.68. The molecule has 98 valence electrons. The highest BCUT2D eigenvalue weighted by Crippen LogP contribution is 2.20. The monoisotopic (exact) mass is 252 g/mol. The molecule has 1 aliphatic heterocycles. The number of rotatable bonds is 3. The van der Waals surface area contributed by atoms with E-state index in [1.165, 1.54) is 4.90 Å². The second-order valence-corrected chi connectivity index (χ2v) is 4.46. The highest BCUT2D eigenvalue weighted by Gasteiger charge is 2.35. The molecule has 1 aliphatic rings. The number of nitrogens with two attached hydrogens (primary N) is 1. The summed E-state index contributed by atoms with van der Waals surface area (Å²) >= 11 is 0. The van der Waals surface area contributed by atoms with Crippen molar-refractivity contribution in [3.8, 4) is 0 Å². The van der Waals surface area contributed by atoms with Gasteiger partial charge in [-0.2, -0.15) is 0 Å². The Hall–Kier alpha value is -1.62. The van der Waals surface area contributed by atoms with E-state index >= 15 is 0 Å². The number of alkyl halides is 1. The highest BCUT2D eigenvalue weighted by atomic mass is 19.1. The number of amides is 1. The van der Waals surface area contributed by atoms with Crippen LogP contribution in [-0.4, -0.2) is 36.8 Å². The lowest BCUT2D eigenvalue weighted by Crippen LogP contribution is -2.30. The molecule has 0 radical (unpaired) electrons. The van der Waals surface area contributed by atoms with Gasteiger partial charge in [-0.1, -0.05) is 30.3 Å². The predicted octanol–water partition coefficient (Wildman–Crippen LogP) is 1.55. The molecule has 0 aromatic heterocycles. The second-order valence-electron chi connectivity index (χ2n) is 4.46. The third kappa shape index (κ3) is 2.98. The Morgan fingerprint density at radius 1 is 1.39 bits per heavy atom. The van der Waals surface area contributed by atoms with Crippen LogP contribution in [0.3, 0.4) is 0 Å². The zero-order valence-corrected chi connectivity index (χ0v) is 10.1. The lowest BCUT2D eigenvalue weighted by atomic mass is 10.1. The molecule has 1 heterocycles. The summed E-state index contributed by atoms with van der Waals surface area (Å²) in [5, 5.41) is 0. The van der Waals surface area contributed by atoms with Gasteiger partial charge in [0.1, 0.15) is 12.8 Å². The third-order valence-corrected chi connectivity index (χ3v) is 3.13. The number of hydrogen-bond acceptors (Lipinski definition) is 3. The van der Waals surface area contributed by atoms with E-state index < -0.39 is 12.3 Å². The first-order chi connectivity index (χ1) is 8.70. The van der Waals surface area contributed by atoms with Gasteiger partial charge in [0.25, 0.3) is 0 Å². The minimum Gasteiger partial charge on any atom is -0.445 e. The molecule has 0 bridgehead atoms. The van der Waals surface area contributed by atoms with Crippen molar-refractivity contribution in [3.63, 3.8) is 0 Å². The topological polar surface area (TPSA) is 55.6 Å². The number of ether oxygens (including phenoxy) is 1. The summed E-state index contributed by atoms with van der Waals surface area (Å²) in [6.07, 6.45) is -1.52. The van der Waals surface area contributed by atoms with Crippen molar-refractivity contribution in [2.75, 3.05) is 19.6 Å². The summed E-state index contributed by atoms with van der Waals surface area (Å²) in [5.74, 6) is -0.269. The van der Waals surface area contributed by atoms with Crippen LogP contribution >= 0.6 is 0 Å². The smallest absolute Gasteiger partial charge is 0.410 e. The fraction of sp³-hybridized carbons (Fsp3) is 0.462. The van der Waals surface area contributed by atoms with Crippen LogP contribution in [0, 0.1) is 5.92 Å². The van der Waals surface area contributed by atoms with Crippen molar-refractivity contribution in [2.45, 2.75) is 12.8 Å². The number of carbonyl (C=O) groups is 1. The van der Waals surface area contributed by atoms with E-state index in [9.17, 15) is 9.18 Å². The number of nitrogens with zero attached hydrogens (tertiary/aromatic N) is 1. The molecule has 18 heavy (non-hydrogen) atoms. The van der Waals surface area contributed by atoms with Crippen molar-refractivity contribution < 1.29 is 13.9 Å². The minimum atomic E-state index is -1.04. The Bertz CT molecular complexity index is 399. The minimum absolute atomic E-state index is 0.0789. The molecule has 0 saturated carbocycles. The molecule has 1 saturated heterocycles. The van der Waals surface area contributed by atoms with Crippen LogP contribution in [-0.2, 0) is 11.3 Å². The molecule has 1 aromatic carbocycles. The van der Waals surface area contributed by atoms with Crippen LogP contribution < -0.4 is 5.73 Å². The molecule has 2 atom stereocenters. The van der Waals surface area contributed by atoms with Crippen LogP contribution in [0.15, 0.2) is 30.3 Å². The number of hydrogen-bond donors (Lipinski definition) is 1. The molecule has 2 rings (SSSR count). The SMILES string of the molecule is NC[C@H]1CN(C(=O)OCc2ccccc2)C[C@H]1F. The van der Waals surface area contributed by atoms with Crippen LogP contribution in [0.5, 0.6) is 0 Å². The molecule has 1 fully saturated rings. The summed E-state index contributed by atoms with van der Waals surface area (Å²) < 4.78 is 18.6. The average Bonchev–Trinajstić information content (AvgIpc) is 2.78. The van der Waals surface area contributed by atoms with Crippen LogP contribution in [0.4, 0.5) is 9.18 Å². The Labute approximate surface area is 106 Å². The zero-order chi connectivity index (χ0) is 13.0. The van der Waals surface area contributed by atoms with Crippen molar-refractivity contribution in [1.29, 1.82) is 0 Å². The zero-order valence-electron chi connectivity index (χ0n) is 10.1. The van der Waals surface area contributed by atoms with E-state index in [1.807, 2.05) is 30.3 Å². The third-order valence-electron chi connectivity index (χ3n) is 3.13. The molecule has 2 N–H and O–H groups in total. The molecule has 5 heteroatoms. The maximum atomic E-state index is 13.4. The van der Waals surface area contributed by atoms with Gasteiger partial charge in [-0.25, -0.2) is 9.18 Å². The van der Waals surface area contributed by atoms with Crippen molar-refractivity contribution in [2.24, 2.45) is 11.7 Å². The molecule has 1 amide bonds. The van der Waals surface area contributed by atoms with Gasteiger partial charge in [-0.05, 0) is 12.1 Å². The second kappa shape index (κ2) is 5.82. The van der Waals surface area contributed by atoms with Crippen molar-refractivity contribution in [3.05, 3.63) is 35.9 Å². The number of likely N-dealkylation sites (tertiary alicyclic amines) is 1. The van der Waals surface area contributed by atoms with Crippen molar-refractivity contribution in [1.82, 2.24) is 4.90 Å². The van der Waals surface area contributed by atoms with Gasteiger partial charge in [0.15, 0.2) is 0 Å². The fourth-order valence-electron chi connectivity index (χ4n) is 2.01. The largest absolute Gasteiger partial charge is 0.445 e. The molecular formula is C13H17FN2O2. The first-order valence-electron chi connectivity index (χ1n) is 6.00. The summed E-state index contributed by atoms with van der Waals surface area (Å²) in [7, 11) is 0. The van der Waals surface area contributed by atoms with E-state index in [0.717, 1.165) is 5.56 Å². The Balaban J connectivity index is 1.82. The summed E-state index contributed by atoms with van der Waals surface area (Å²) in [6.45, 7) is 0.880. The van der Waals surface area contributed by atoms with Gasteiger partial charge >= 0.3 is 6.09 Å². The number of benzene rings is 1. The molecule has 0 aliphatic carbocycles. The molecular weight excluding hydrogens is 235 g/mol. The Morgan fingerprint density at radius 3 is 2.72 bits per heavy atom. The lowest BCUT2D eigenvalue weighted by Gasteiger charge is -2.15. The van der Waals surface area contributed by atoms with E-state index in [2.05, 4.69) is 0 Å². The normalized spacial score (nSPS) is 23.1. The summed E-state index contributed by atoms with van der Waals surface area (Å²) in [6, 6.07) is 9.39. The maximum Gasteiger partial charge on any atom is 0.410 e. The standard InChI is InChI=1S/C13H17FN2O2/c14-12-8-16(7-11(12)6-15)13(17)18-9-10-4-2-1-3-5-10/h1-5,11-12H,6-9,15H2/t11-,12+/m0/s1. The average molecular weight is 252 g/mol. The predicted molar refractivity (Wildman–Crippen MR) is 65.6 cm³/mol. The van der Waals surface area contributed by atoms with Gasteiger partial charge < -0.3 is 15.4 Å². The van der Waals surface area contributed by atoms with Crippen molar-refractivity contribution >= 4 is 6.09 Å². The maximum absolute atomic E-state index is 13.4. The van der Waals surface area contributed by atoms with Gasteiger partial charge in [0.05, 0.1) is 6.54 Å². The van der Waals surface area contributed by atoms with Gasteiger partial charge in [0, 0.05) is 12.5 Å². The lowest BCUT2D eigenvalue weighted by molar-refractivity contribution is 0.102. The quantitative estimate of drug-likeness (QED) is 0.888. The molecule has 0 spiro atoms. The Kier molecular flexibility index (Phi) is 4.15. The van der Waals surface area contributed by atoms with Gasteiger partial charge in [-0.15, -0.1) is 0 Å². The Morgan fingerprint density at radius 2 is 2.11 bits per heavy atom. The summed E-state index contributed by atoms with van der Waals surface area (Å²) in [4.78, 5) is 13.1. The number of carbonyl (C=O) groups excluding carboxylic acids is 1. The van der Waals surface area contributed by atoms with E-state index in [1.54, 1.807) is 0 Å². The van der Waals surface area contributed by atoms with Crippen LogP contribution in [0.25, 0.3) is 0 Å². The number of halogens is 1. The molecule has 1 aromatic rings. The van der Waals surface area contributed by atoms with Gasteiger partial charge in [-0.3, -0.25) is 0 Å². The first kappa shape index (κ1) is 12.8.